The molecule has 0 atom stereocenters. The van der Waals surface area contributed by atoms with Crippen molar-refractivity contribution in [1.29, 1.82) is 0 Å². The number of nitrogens with one attached hydrogen (secondary N) is 2. The summed E-state index contributed by atoms with van der Waals surface area (Å²) >= 11 is 0. The standard InChI is InChI=1S/C14H26N2O4/c17-13(18)8-5-9-15-14(19)16-10-11-20-12-6-3-1-2-4-7-12/h12H,1-11H2,(H,17,18)(H2,15,16,19). The summed E-state index contributed by atoms with van der Waals surface area (Å²) in [6.07, 6.45) is 8.20. The highest BCUT2D eigenvalue weighted by Gasteiger charge is 2.12. The number of ether oxygens (including phenoxy) is 1. The summed E-state index contributed by atoms with van der Waals surface area (Å²) in [7, 11) is 0. The molecule has 0 saturated heterocycles. The van der Waals surface area contributed by atoms with Gasteiger partial charge in [-0.05, 0) is 19.3 Å². The van der Waals surface area contributed by atoms with E-state index in [-0.39, 0.29) is 12.5 Å². The molecule has 6 nitrogen and oxygen atoms in total. The Morgan fingerprint density at radius 2 is 1.70 bits per heavy atom. The maximum atomic E-state index is 11.4. The van der Waals surface area contributed by atoms with Crippen LogP contribution in [0.1, 0.15) is 51.4 Å². The number of carboxylic acids is 1. The first kappa shape index (κ1) is 16.8. The van der Waals surface area contributed by atoms with Gasteiger partial charge in [0, 0.05) is 19.5 Å². The molecule has 1 aliphatic rings. The number of aliphatic carboxylic acids is 1. The average Bonchev–Trinajstić information content (AvgIpc) is 2.68. The van der Waals surface area contributed by atoms with E-state index >= 15 is 0 Å². The number of carbonyl (C=O) groups excluding carboxylic acids is 1. The first-order valence-corrected chi connectivity index (χ1v) is 7.53. The molecule has 0 radical (unpaired) electrons. The topological polar surface area (TPSA) is 87.7 Å². The van der Waals surface area contributed by atoms with Crippen LogP contribution in [0.25, 0.3) is 0 Å². The maximum absolute atomic E-state index is 11.4. The monoisotopic (exact) mass is 286 g/mol. The number of amides is 2. The molecule has 1 rings (SSSR count). The zero-order valence-electron chi connectivity index (χ0n) is 12.0. The van der Waals surface area contributed by atoms with E-state index in [1.54, 1.807) is 0 Å². The van der Waals surface area contributed by atoms with Gasteiger partial charge in [-0.1, -0.05) is 25.7 Å². The first-order chi connectivity index (χ1) is 9.68. The molecular weight excluding hydrogens is 260 g/mol. The molecule has 20 heavy (non-hydrogen) atoms. The number of rotatable bonds is 8. The minimum absolute atomic E-state index is 0.0745. The van der Waals surface area contributed by atoms with E-state index in [9.17, 15) is 9.59 Å². The second-order valence-electron chi connectivity index (χ2n) is 5.16. The van der Waals surface area contributed by atoms with E-state index in [4.69, 9.17) is 9.84 Å². The van der Waals surface area contributed by atoms with Crippen LogP contribution in [0.15, 0.2) is 0 Å². The van der Waals surface area contributed by atoms with E-state index in [0.29, 0.717) is 32.2 Å². The van der Waals surface area contributed by atoms with Crippen LogP contribution in [0.4, 0.5) is 4.79 Å². The molecule has 3 N–H and O–H groups in total. The van der Waals surface area contributed by atoms with Gasteiger partial charge in [0.25, 0.3) is 0 Å². The van der Waals surface area contributed by atoms with E-state index in [1.807, 2.05) is 0 Å². The molecule has 116 valence electrons. The lowest BCUT2D eigenvalue weighted by molar-refractivity contribution is -0.137. The predicted octanol–water partition coefficient (Wildman–Crippen LogP) is 1.89. The average molecular weight is 286 g/mol. The minimum Gasteiger partial charge on any atom is -0.481 e. The van der Waals surface area contributed by atoms with E-state index in [0.717, 1.165) is 12.8 Å². The van der Waals surface area contributed by atoms with Gasteiger partial charge in [-0.2, -0.15) is 0 Å². The lowest BCUT2D eigenvalue weighted by Gasteiger charge is -2.15. The molecular formula is C14H26N2O4. The summed E-state index contributed by atoms with van der Waals surface area (Å²) in [6, 6.07) is -0.264. The summed E-state index contributed by atoms with van der Waals surface area (Å²) in [4.78, 5) is 21.7. The van der Waals surface area contributed by atoms with Crippen molar-refractivity contribution in [2.75, 3.05) is 19.7 Å². The number of urea groups is 1. The third kappa shape index (κ3) is 8.74. The van der Waals surface area contributed by atoms with Crippen molar-refractivity contribution in [3.8, 4) is 0 Å². The summed E-state index contributed by atoms with van der Waals surface area (Å²) in [6.45, 7) is 1.40. The number of carbonyl (C=O) groups is 2. The largest absolute Gasteiger partial charge is 0.481 e. The summed E-state index contributed by atoms with van der Waals surface area (Å²) in [5.41, 5.74) is 0. The SMILES string of the molecule is O=C(O)CCCNC(=O)NCCOC1CCCCCC1. The quantitative estimate of drug-likeness (QED) is 0.469. The third-order valence-electron chi connectivity index (χ3n) is 3.40. The van der Waals surface area contributed by atoms with Gasteiger partial charge in [0.1, 0.15) is 0 Å². The van der Waals surface area contributed by atoms with Crippen LogP contribution in [0, 0.1) is 0 Å². The lowest BCUT2D eigenvalue weighted by atomic mass is 10.1. The van der Waals surface area contributed by atoms with Crippen molar-refractivity contribution in [2.45, 2.75) is 57.5 Å². The lowest BCUT2D eigenvalue weighted by Crippen LogP contribution is -2.38. The van der Waals surface area contributed by atoms with E-state index in [2.05, 4.69) is 10.6 Å². The maximum Gasteiger partial charge on any atom is 0.314 e. The van der Waals surface area contributed by atoms with Gasteiger partial charge in [0.15, 0.2) is 0 Å². The third-order valence-corrected chi connectivity index (χ3v) is 3.40. The second-order valence-corrected chi connectivity index (χ2v) is 5.16. The number of carboxylic acid groups (broad SMARTS) is 1. The van der Waals surface area contributed by atoms with Crippen molar-refractivity contribution in [1.82, 2.24) is 10.6 Å². The zero-order valence-corrected chi connectivity index (χ0v) is 12.0. The highest BCUT2D eigenvalue weighted by atomic mass is 16.5. The van der Waals surface area contributed by atoms with Crippen molar-refractivity contribution < 1.29 is 19.4 Å². The highest BCUT2D eigenvalue weighted by Crippen LogP contribution is 2.19. The van der Waals surface area contributed by atoms with Gasteiger partial charge in [0.2, 0.25) is 0 Å². The molecule has 0 aromatic rings. The highest BCUT2D eigenvalue weighted by molar-refractivity contribution is 5.73. The normalized spacial score (nSPS) is 16.4. The van der Waals surface area contributed by atoms with Gasteiger partial charge >= 0.3 is 12.0 Å². The van der Waals surface area contributed by atoms with E-state index in [1.165, 1.54) is 25.7 Å². The fourth-order valence-corrected chi connectivity index (χ4v) is 2.30. The number of hydrogen-bond acceptors (Lipinski definition) is 3. The molecule has 0 aromatic heterocycles. The minimum atomic E-state index is -0.844. The van der Waals surface area contributed by atoms with Crippen molar-refractivity contribution >= 4 is 12.0 Å². The van der Waals surface area contributed by atoms with Gasteiger partial charge in [-0.3, -0.25) is 4.79 Å². The van der Waals surface area contributed by atoms with Crippen LogP contribution in [0.2, 0.25) is 0 Å². The number of hydrogen-bond donors (Lipinski definition) is 3. The Morgan fingerprint density at radius 1 is 1.05 bits per heavy atom. The fourth-order valence-electron chi connectivity index (χ4n) is 2.30. The Hall–Kier alpha value is -1.30. The van der Waals surface area contributed by atoms with Crippen LogP contribution >= 0.6 is 0 Å². The molecule has 0 spiro atoms. The zero-order chi connectivity index (χ0) is 14.6. The molecule has 0 heterocycles. The molecule has 0 unspecified atom stereocenters. The van der Waals surface area contributed by atoms with Crippen LogP contribution < -0.4 is 10.6 Å². The summed E-state index contributed by atoms with van der Waals surface area (Å²) in [5.74, 6) is -0.844. The summed E-state index contributed by atoms with van der Waals surface area (Å²) < 4.78 is 5.75. The van der Waals surface area contributed by atoms with Gasteiger partial charge in [-0.15, -0.1) is 0 Å². The molecule has 0 aromatic carbocycles. The van der Waals surface area contributed by atoms with Crippen LogP contribution in [-0.2, 0) is 9.53 Å². The van der Waals surface area contributed by atoms with Crippen molar-refractivity contribution in [2.24, 2.45) is 0 Å². The smallest absolute Gasteiger partial charge is 0.314 e. The molecule has 1 aliphatic carbocycles. The molecule has 1 fully saturated rings. The Balaban J connectivity index is 1.94. The Morgan fingerprint density at radius 3 is 2.35 bits per heavy atom. The van der Waals surface area contributed by atoms with Crippen molar-refractivity contribution in [3.63, 3.8) is 0 Å². The Labute approximate surface area is 120 Å². The van der Waals surface area contributed by atoms with Gasteiger partial charge in [0.05, 0.1) is 12.7 Å². The summed E-state index contributed by atoms with van der Waals surface area (Å²) in [5, 5.41) is 13.8. The first-order valence-electron chi connectivity index (χ1n) is 7.53. The van der Waals surface area contributed by atoms with Crippen LogP contribution in [0.5, 0.6) is 0 Å². The molecule has 0 aliphatic heterocycles. The molecule has 6 heteroatoms. The van der Waals surface area contributed by atoms with E-state index < -0.39 is 5.97 Å². The van der Waals surface area contributed by atoms with Crippen molar-refractivity contribution in [3.05, 3.63) is 0 Å². The van der Waals surface area contributed by atoms with Gasteiger partial charge in [-0.25, -0.2) is 4.79 Å². The predicted molar refractivity (Wildman–Crippen MR) is 75.7 cm³/mol. The Bertz CT molecular complexity index is 289. The molecule has 1 saturated carbocycles. The molecule has 0 bridgehead atoms. The second kappa shape index (κ2) is 10.5. The van der Waals surface area contributed by atoms with Crippen LogP contribution in [0.3, 0.4) is 0 Å². The molecule has 2 amide bonds. The fraction of sp³-hybridized carbons (Fsp3) is 0.857. The van der Waals surface area contributed by atoms with Crippen LogP contribution in [-0.4, -0.2) is 42.9 Å². The van der Waals surface area contributed by atoms with Gasteiger partial charge < -0.3 is 20.5 Å². The Kier molecular flexibility index (Phi) is 8.78.